The number of aromatic carboxylic acids is 1. The number of aliphatic hydroxyl groups is 1. The Labute approximate surface area is 224 Å². The predicted molar refractivity (Wildman–Crippen MR) is 135 cm³/mol. The van der Waals surface area contributed by atoms with E-state index in [0.717, 1.165) is 54.7 Å². The molecule has 10 heteroatoms. The summed E-state index contributed by atoms with van der Waals surface area (Å²) in [5, 5.41) is 20.1. The van der Waals surface area contributed by atoms with Crippen molar-refractivity contribution in [1.29, 1.82) is 0 Å². The third-order valence-electron chi connectivity index (χ3n) is 8.10. The largest absolute Gasteiger partial charge is 0.497 e. The van der Waals surface area contributed by atoms with Crippen molar-refractivity contribution >= 4 is 23.5 Å². The van der Waals surface area contributed by atoms with Crippen molar-refractivity contribution in [3.05, 3.63) is 64.2 Å². The number of hydrogen-bond donors (Lipinski definition) is 2. The molecule has 1 aliphatic carbocycles. The Bertz CT molecular complexity index is 1190. The second-order valence-electron chi connectivity index (χ2n) is 10.5. The van der Waals surface area contributed by atoms with Crippen molar-refractivity contribution in [2.24, 2.45) is 11.3 Å². The highest BCUT2D eigenvalue weighted by molar-refractivity contribution is 6.33. The van der Waals surface area contributed by atoms with Crippen molar-refractivity contribution in [1.82, 2.24) is 4.90 Å². The fourth-order valence-electron chi connectivity index (χ4n) is 5.93. The number of halogens is 4. The SMILES string of the molecule is COc1cccc([C@@](O)(C(=O)N2CCC3(CC2)CC(CCCc2ccc(C(=O)O)c(Cl)c2)C3)C(F)(F)F)c1. The van der Waals surface area contributed by atoms with Gasteiger partial charge in [0.15, 0.2) is 0 Å². The average molecular weight is 554 g/mol. The van der Waals surface area contributed by atoms with Gasteiger partial charge in [-0.3, -0.25) is 4.79 Å². The molecule has 1 aliphatic heterocycles. The first-order valence-corrected chi connectivity index (χ1v) is 13.0. The van der Waals surface area contributed by atoms with Crippen LogP contribution in [-0.2, 0) is 16.8 Å². The van der Waals surface area contributed by atoms with Crippen molar-refractivity contribution in [3.63, 3.8) is 0 Å². The molecule has 0 radical (unpaired) electrons. The summed E-state index contributed by atoms with van der Waals surface area (Å²) in [5.74, 6) is -1.78. The molecule has 2 aromatic rings. The minimum atomic E-state index is -5.19. The normalized spacial score (nSPS) is 19.1. The summed E-state index contributed by atoms with van der Waals surface area (Å²) in [6, 6.07) is 9.88. The predicted octanol–water partition coefficient (Wildman–Crippen LogP) is 5.84. The number of methoxy groups -OCH3 is 1. The minimum absolute atomic E-state index is 0.0280. The molecule has 1 saturated heterocycles. The summed E-state index contributed by atoms with van der Waals surface area (Å²) in [4.78, 5) is 25.3. The smallest absolute Gasteiger partial charge is 0.430 e. The van der Waals surface area contributed by atoms with Gasteiger partial charge in [0.2, 0.25) is 0 Å². The fraction of sp³-hybridized carbons (Fsp3) is 0.500. The summed E-state index contributed by atoms with van der Waals surface area (Å²) in [7, 11) is 1.30. The third-order valence-corrected chi connectivity index (χ3v) is 8.42. The van der Waals surface area contributed by atoms with Gasteiger partial charge >= 0.3 is 12.1 Å². The Balaban J connectivity index is 1.30. The molecular formula is C28H31ClF3NO5. The van der Waals surface area contributed by atoms with Crippen molar-refractivity contribution in [2.45, 2.75) is 56.7 Å². The lowest BCUT2D eigenvalue weighted by molar-refractivity contribution is -0.262. The van der Waals surface area contributed by atoms with E-state index in [4.69, 9.17) is 21.4 Å². The molecule has 1 saturated carbocycles. The molecule has 38 heavy (non-hydrogen) atoms. The molecule has 1 spiro atoms. The topological polar surface area (TPSA) is 87.1 Å². The first kappa shape index (κ1) is 28.2. The van der Waals surface area contributed by atoms with Crippen LogP contribution in [0.2, 0.25) is 5.02 Å². The standard InChI is InChI=1S/C28H31ClF3NO5/c1-38-21-7-3-6-20(15-21)27(37,28(30,31)32)25(36)33-12-10-26(11-13-33)16-19(17-26)5-2-4-18-8-9-22(24(34)35)23(29)14-18/h3,6-9,14-15,19,37H,2,4-5,10-13,16-17H2,1H3,(H,34,35)/t27-/m1/s1. The highest BCUT2D eigenvalue weighted by Crippen LogP contribution is 2.54. The lowest BCUT2D eigenvalue weighted by atomic mass is 9.56. The number of carbonyl (C=O) groups excluding carboxylic acids is 1. The number of hydrogen-bond acceptors (Lipinski definition) is 4. The van der Waals surface area contributed by atoms with Crippen molar-refractivity contribution in [3.8, 4) is 5.75 Å². The molecule has 2 N–H and O–H groups in total. The van der Waals surface area contributed by atoms with Gasteiger partial charge in [0.25, 0.3) is 11.5 Å². The number of carboxylic acids is 1. The lowest BCUT2D eigenvalue weighted by Gasteiger charge is -2.53. The highest BCUT2D eigenvalue weighted by Gasteiger charge is 2.62. The van der Waals surface area contributed by atoms with Crippen molar-refractivity contribution in [2.75, 3.05) is 20.2 Å². The number of ether oxygens (including phenoxy) is 1. The zero-order valence-corrected chi connectivity index (χ0v) is 21.8. The third kappa shape index (κ3) is 5.50. The molecule has 2 fully saturated rings. The maximum atomic E-state index is 14.1. The van der Waals surface area contributed by atoms with Gasteiger partial charge in [0.05, 0.1) is 17.7 Å². The van der Waals surface area contributed by atoms with Crippen molar-refractivity contribution < 1.29 is 37.7 Å². The number of aryl methyl sites for hydroxylation is 1. The number of rotatable bonds is 8. The summed E-state index contributed by atoms with van der Waals surface area (Å²) in [6.07, 6.45) is 0.651. The van der Waals surface area contributed by atoms with E-state index < -0.39 is 29.2 Å². The van der Waals surface area contributed by atoms with E-state index in [1.165, 1.54) is 25.3 Å². The first-order valence-electron chi connectivity index (χ1n) is 12.6. The summed E-state index contributed by atoms with van der Waals surface area (Å²) >= 11 is 6.04. The number of amides is 1. The van der Waals surface area contributed by atoms with Crippen LogP contribution in [0.4, 0.5) is 13.2 Å². The van der Waals surface area contributed by atoms with Crippen LogP contribution in [0.15, 0.2) is 42.5 Å². The van der Waals surface area contributed by atoms with Gasteiger partial charge in [-0.25, -0.2) is 4.79 Å². The number of benzene rings is 2. The molecule has 0 aromatic heterocycles. The molecule has 1 amide bonds. The highest BCUT2D eigenvalue weighted by atomic mass is 35.5. The Morgan fingerprint density at radius 2 is 1.82 bits per heavy atom. The lowest BCUT2D eigenvalue weighted by Crippen LogP contribution is -2.58. The number of carbonyl (C=O) groups is 2. The van der Waals surface area contributed by atoms with E-state index in [-0.39, 0.29) is 34.8 Å². The zero-order valence-electron chi connectivity index (χ0n) is 21.1. The summed E-state index contributed by atoms with van der Waals surface area (Å²) in [6.45, 7) is 0.338. The molecule has 1 atom stereocenters. The van der Waals surface area contributed by atoms with Crippen LogP contribution in [0.25, 0.3) is 0 Å². The molecule has 0 unspecified atom stereocenters. The maximum Gasteiger partial charge on any atom is 0.430 e. The van der Waals surface area contributed by atoms with E-state index in [1.54, 1.807) is 12.1 Å². The van der Waals surface area contributed by atoms with Crippen LogP contribution in [0.5, 0.6) is 5.75 Å². The number of likely N-dealkylation sites (tertiary alicyclic amines) is 1. The van der Waals surface area contributed by atoms with Crippen LogP contribution in [0.3, 0.4) is 0 Å². The quantitative estimate of drug-likeness (QED) is 0.429. The number of carboxylic acid groups (broad SMARTS) is 1. The molecular weight excluding hydrogens is 523 g/mol. The molecule has 2 aliphatic rings. The molecule has 206 valence electrons. The molecule has 6 nitrogen and oxygen atoms in total. The Morgan fingerprint density at radius 1 is 1.13 bits per heavy atom. The second kappa shape index (κ2) is 10.8. The van der Waals surface area contributed by atoms with Crippen LogP contribution in [0.1, 0.15) is 60.0 Å². The maximum absolute atomic E-state index is 14.1. The molecule has 0 bridgehead atoms. The Morgan fingerprint density at radius 3 is 2.39 bits per heavy atom. The molecule has 4 rings (SSSR count). The first-order chi connectivity index (χ1) is 17.9. The number of nitrogens with zero attached hydrogens (tertiary/aromatic N) is 1. The average Bonchev–Trinajstić information content (AvgIpc) is 2.86. The molecule has 2 aromatic carbocycles. The van der Waals surface area contributed by atoms with E-state index in [9.17, 15) is 27.9 Å². The van der Waals surface area contributed by atoms with Crippen LogP contribution in [0, 0.1) is 11.3 Å². The Kier molecular flexibility index (Phi) is 8.00. The zero-order chi connectivity index (χ0) is 27.7. The minimum Gasteiger partial charge on any atom is -0.497 e. The fourth-order valence-corrected chi connectivity index (χ4v) is 6.21. The van der Waals surface area contributed by atoms with E-state index in [1.807, 2.05) is 0 Å². The monoisotopic (exact) mass is 553 g/mol. The van der Waals surface area contributed by atoms with Gasteiger partial charge in [-0.2, -0.15) is 13.2 Å². The Hall–Kier alpha value is -2.78. The van der Waals surface area contributed by atoms with E-state index >= 15 is 0 Å². The number of piperidine rings is 1. The van der Waals surface area contributed by atoms with E-state index in [2.05, 4.69) is 0 Å². The van der Waals surface area contributed by atoms with Gasteiger partial charge in [0, 0.05) is 18.7 Å². The van der Waals surface area contributed by atoms with Crippen LogP contribution >= 0.6 is 11.6 Å². The second-order valence-corrected chi connectivity index (χ2v) is 10.9. The van der Waals surface area contributed by atoms with Gasteiger partial charge in [-0.05, 0) is 79.7 Å². The summed E-state index contributed by atoms with van der Waals surface area (Å²) in [5.41, 5.74) is -3.11. The van der Waals surface area contributed by atoms with Crippen LogP contribution < -0.4 is 4.74 Å². The van der Waals surface area contributed by atoms with Crippen LogP contribution in [-0.4, -0.2) is 53.4 Å². The van der Waals surface area contributed by atoms with Gasteiger partial charge in [-0.15, -0.1) is 0 Å². The molecule has 1 heterocycles. The van der Waals surface area contributed by atoms with E-state index in [0.29, 0.717) is 18.8 Å². The van der Waals surface area contributed by atoms with Gasteiger partial charge < -0.3 is 19.8 Å². The number of alkyl halides is 3. The van der Waals surface area contributed by atoms with Gasteiger partial charge in [0.1, 0.15) is 5.75 Å². The summed E-state index contributed by atoms with van der Waals surface area (Å²) < 4.78 is 47.2. The van der Waals surface area contributed by atoms with Gasteiger partial charge in [-0.1, -0.05) is 36.2 Å².